The number of phenols is 1. The molecule has 0 amide bonds. The van der Waals surface area contributed by atoms with E-state index >= 15 is 0 Å². The summed E-state index contributed by atoms with van der Waals surface area (Å²) in [5.74, 6) is -1.30. The van der Waals surface area contributed by atoms with Gasteiger partial charge in [0.15, 0.2) is 0 Å². The van der Waals surface area contributed by atoms with Gasteiger partial charge in [-0.15, -0.1) is 0 Å². The second-order valence-corrected chi connectivity index (χ2v) is 4.78. The van der Waals surface area contributed by atoms with Crippen LogP contribution in [0.3, 0.4) is 0 Å². The second-order valence-electron chi connectivity index (χ2n) is 4.78. The number of ether oxygens (including phenoxy) is 2. The molecule has 0 fully saturated rings. The third kappa shape index (κ3) is 4.95. The van der Waals surface area contributed by atoms with E-state index < -0.39 is 24.0 Å². The zero-order valence-electron chi connectivity index (χ0n) is 12.6. The SMILES string of the molecule is COC(=O)/C=C/[C@@H](c1ccc(C)cc1O)[C@H](C)OC(C)=O. The van der Waals surface area contributed by atoms with Gasteiger partial charge in [0, 0.05) is 24.5 Å². The normalized spacial score (nSPS) is 13.7. The first-order valence-electron chi connectivity index (χ1n) is 6.58. The molecule has 114 valence electrons. The minimum absolute atomic E-state index is 0.0912. The van der Waals surface area contributed by atoms with Gasteiger partial charge < -0.3 is 14.6 Å². The van der Waals surface area contributed by atoms with Crippen molar-refractivity contribution in [2.24, 2.45) is 0 Å². The molecule has 0 aromatic heterocycles. The molecule has 0 aliphatic heterocycles. The number of carbonyl (C=O) groups is 2. The van der Waals surface area contributed by atoms with Crippen LogP contribution >= 0.6 is 0 Å². The topological polar surface area (TPSA) is 72.8 Å². The van der Waals surface area contributed by atoms with Crippen molar-refractivity contribution in [1.82, 2.24) is 0 Å². The Balaban J connectivity index is 3.14. The molecular formula is C16H20O5. The fourth-order valence-electron chi connectivity index (χ4n) is 2.03. The molecular weight excluding hydrogens is 272 g/mol. The lowest BCUT2D eigenvalue weighted by molar-refractivity contribution is -0.146. The first-order chi connectivity index (χ1) is 9.85. The Morgan fingerprint density at radius 2 is 2.00 bits per heavy atom. The Morgan fingerprint density at radius 3 is 2.52 bits per heavy atom. The van der Waals surface area contributed by atoms with Gasteiger partial charge in [0.2, 0.25) is 0 Å². The minimum atomic E-state index is -0.531. The van der Waals surface area contributed by atoms with Crippen molar-refractivity contribution in [3.8, 4) is 5.75 Å². The molecule has 0 saturated heterocycles. The summed E-state index contributed by atoms with van der Waals surface area (Å²) in [7, 11) is 1.28. The lowest BCUT2D eigenvalue weighted by atomic mass is 9.92. The van der Waals surface area contributed by atoms with E-state index in [1.807, 2.05) is 13.0 Å². The summed E-state index contributed by atoms with van der Waals surface area (Å²) in [4.78, 5) is 22.4. The van der Waals surface area contributed by atoms with Crippen molar-refractivity contribution in [3.63, 3.8) is 0 Å². The van der Waals surface area contributed by atoms with Crippen LogP contribution in [0, 0.1) is 6.92 Å². The van der Waals surface area contributed by atoms with Crippen LogP contribution in [0.4, 0.5) is 0 Å². The number of carbonyl (C=O) groups excluding carboxylic acids is 2. The number of aryl methyl sites for hydroxylation is 1. The van der Waals surface area contributed by atoms with Crippen LogP contribution in [0.15, 0.2) is 30.4 Å². The maximum absolute atomic E-state index is 11.3. The molecule has 0 radical (unpaired) electrons. The van der Waals surface area contributed by atoms with Crippen molar-refractivity contribution in [2.75, 3.05) is 7.11 Å². The van der Waals surface area contributed by atoms with Crippen molar-refractivity contribution >= 4 is 11.9 Å². The third-order valence-electron chi connectivity index (χ3n) is 3.04. The molecule has 21 heavy (non-hydrogen) atoms. The van der Waals surface area contributed by atoms with Crippen LogP contribution in [0.5, 0.6) is 5.75 Å². The van der Waals surface area contributed by atoms with E-state index in [9.17, 15) is 14.7 Å². The van der Waals surface area contributed by atoms with Gasteiger partial charge in [0.25, 0.3) is 0 Å². The van der Waals surface area contributed by atoms with E-state index in [0.29, 0.717) is 5.56 Å². The summed E-state index contributed by atoms with van der Waals surface area (Å²) in [5.41, 5.74) is 1.49. The highest BCUT2D eigenvalue weighted by atomic mass is 16.5. The van der Waals surface area contributed by atoms with Crippen LogP contribution in [0.1, 0.15) is 30.9 Å². The molecule has 0 saturated carbocycles. The van der Waals surface area contributed by atoms with Crippen molar-refractivity contribution < 1.29 is 24.2 Å². The van der Waals surface area contributed by atoms with Gasteiger partial charge in [0.05, 0.1) is 7.11 Å². The van der Waals surface area contributed by atoms with E-state index in [2.05, 4.69) is 4.74 Å². The smallest absolute Gasteiger partial charge is 0.330 e. The predicted molar refractivity (Wildman–Crippen MR) is 78.0 cm³/mol. The van der Waals surface area contributed by atoms with Crippen LogP contribution in [-0.2, 0) is 19.1 Å². The largest absolute Gasteiger partial charge is 0.508 e. The summed E-state index contributed by atoms with van der Waals surface area (Å²) in [6, 6.07) is 5.21. The molecule has 1 aromatic carbocycles. The second kappa shape index (κ2) is 7.47. The Labute approximate surface area is 124 Å². The molecule has 0 unspecified atom stereocenters. The van der Waals surface area contributed by atoms with Gasteiger partial charge in [-0.05, 0) is 25.5 Å². The van der Waals surface area contributed by atoms with Crippen LogP contribution in [0.25, 0.3) is 0 Å². The van der Waals surface area contributed by atoms with Gasteiger partial charge in [-0.2, -0.15) is 0 Å². The summed E-state index contributed by atoms with van der Waals surface area (Å²) in [5, 5.41) is 10.1. The maximum atomic E-state index is 11.3. The first-order valence-corrected chi connectivity index (χ1v) is 6.58. The number of rotatable bonds is 5. The standard InChI is InChI=1S/C16H20O5/c1-10-5-6-14(15(18)9-10)13(7-8-16(19)20-4)11(2)21-12(3)17/h5-9,11,13,18H,1-4H3/b8-7+/t11-,13+/m0/s1. The number of aromatic hydroxyl groups is 1. The monoisotopic (exact) mass is 292 g/mol. The van der Waals surface area contributed by atoms with Gasteiger partial charge in [-0.25, -0.2) is 4.79 Å². The fraction of sp³-hybridized carbons (Fsp3) is 0.375. The third-order valence-corrected chi connectivity index (χ3v) is 3.04. The molecule has 1 rings (SSSR count). The molecule has 1 aromatic rings. The van der Waals surface area contributed by atoms with E-state index in [1.165, 1.54) is 20.1 Å². The number of esters is 2. The maximum Gasteiger partial charge on any atom is 0.330 e. The Morgan fingerprint density at radius 1 is 1.33 bits per heavy atom. The summed E-state index contributed by atoms with van der Waals surface area (Å²) >= 11 is 0. The first kappa shape index (κ1) is 16.8. The average Bonchev–Trinajstić information content (AvgIpc) is 2.39. The number of hydrogen-bond donors (Lipinski definition) is 1. The molecule has 5 nitrogen and oxygen atoms in total. The highest BCUT2D eigenvalue weighted by Gasteiger charge is 2.22. The minimum Gasteiger partial charge on any atom is -0.508 e. The molecule has 0 bridgehead atoms. The summed E-state index contributed by atoms with van der Waals surface area (Å²) in [6.07, 6.45) is 2.28. The Hall–Kier alpha value is -2.30. The van der Waals surface area contributed by atoms with Gasteiger partial charge in [-0.3, -0.25) is 4.79 Å². The molecule has 5 heteroatoms. The number of hydrogen-bond acceptors (Lipinski definition) is 5. The van der Waals surface area contributed by atoms with E-state index in [1.54, 1.807) is 25.1 Å². The average molecular weight is 292 g/mol. The fourth-order valence-corrected chi connectivity index (χ4v) is 2.03. The Kier molecular flexibility index (Phi) is 5.96. The predicted octanol–water partition coefficient (Wildman–Crippen LogP) is 2.47. The zero-order chi connectivity index (χ0) is 16.0. The quantitative estimate of drug-likeness (QED) is 0.666. The molecule has 0 spiro atoms. The number of methoxy groups -OCH3 is 1. The summed E-state index contributed by atoms with van der Waals surface area (Å²) < 4.78 is 9.72. The van der Waals surface area contributed by atoms with Crippen LogP contribution in [0.2, 0.25) is 0 Å². The molecule has 0 heterocycles. The highest BCUT2D eigenvalue weighted by molar-refractivity contribution is 5.82. The Bertz CT molecular complexity index is 548. The highest BCUT2D eigenvalue weighted by Crippen LogP contribution is 2.31. The van der Waals surface area contributed by atoms with E-state index in [-0.39, 0.29) is 5.75 Å². The number of phenolic OH excluding ortho intramolecular Hbond substituents is 1. The molecule has 0 aliphatic carbocycles. The van der Waals surface area contributed by atoms with Crippen LogP contribution in [-0.4, -0.2) is 30.3 Å². The van der Waals surface area contributed by atoms with Crippen molar-refractivity contribution in [3.05, 3.63) is 41.5 Å². The van der Waals surface area contributed by atoms with E-state index in [4.69, 9.17) is 4.74 Å². The van der Waals surface area contributed by atoms with Crippen molar-refractivity contribution in [1.29, 1.82) is 0 Å². The van der Waals surface area contributed by atoms with E-state index in [0.717, 1.165) is 5.56 Å². The lowest BCUT2D eigenvalue weighted by Crippen LogP contribution is -2.20. The summed E-state index contributed by atoms with van der Waals surface area (Å²) in [6.45, 7) is 4.87. The number of benzene rings is 1. The molecule has 2 atom stereocenters. The van der Waals surface area contributed by atoms with Crippen molar-refractivity contribution in [2.45, 2.75) is 32.8 Å². The lowest BCUT2D eigenvalue weighted by Gasteiger charge is -2.22. The molecule has 1 N–H and O–H groups in total. The van der Waals surface area contributed by atoms with Gasteiger partial charge in [0.1, 0.15) is 11.9 Å². The zero-order valence-corrected chi connectivity index (χ0v) is 12.6. The molecule has 0 aliphatic rings. The van der Waals surface area contributed by atoms with Crippen LogP contribution < -0.4 is 0 Å². The van der Waals surface area contributed by atoms with Gasteiger partial charge in [-0.1, -0.05) is 18.2 Å². The van der Waals surface area contributed by atoms with Gasteiger partial charge >= 0.3 is 11.9 Å².